The molecule has 0 atom stereocenters. The first-order valence-electron chi connectivity index (χ1n) is 7.28. The first-order chi connectivity index (χ1) is 11.2. The van der Waals surface area contributed by atoms with E-state index in [9.17, 15) is 4.79 Å². The van der Waals surface area contributed by atoms with E-state index in [1.165, 1.54) is 4.88 Å². The standard InChI is InChI=1S/C19H16N2OS/c1-14-11-12-16(23-14)13-20-18-10-6-5-9-17(18)19(22)21-15-7-3-2-4-8-15/h2-13H,1H3,(H,21,22)/b20-13+. The predicted molar refractivity (Wildman–Crippen MR) is 97.1 cm³/mol. The summed E-state index contributed by atoms with van der Waals surface area (Å²) in [7, 11) is 0. The highest BCUT2D eigenvalue weighted by Gasteiger charge is 2.10. The maximum atomic E-state index is 12.5. The van der Waals surface area contributed by atoms with E-state index in [2.05, 4.69) is 23.3 Å². The Morgan fingerprint density at radius 2 is 1.74 bits per heavy atom. The smallest absolute Gasteiger partial charge is 0.257 e. The molecular formula is C19H16N2OS. The van der Waals surface area contributed by atoms with Crippen LogP contribution in [0.4, 0.5) is 11.4 Å². The van der Waals surface area contributed by atoms with Crippen molar-refractivity contribution in [2.75, 3.05) is 5.32 Å². The van der Waals surface area contributed by atoms with Crippen molar-refractivity contribution < 1.29 is 4.79 Å². The van der Waals surface area contributed by atoms with Crippen molar-refractivity contribution >= 4 is 34.8 Å². The van der Waals surface area contributed by atoms with Gasteiger partial charge < -0.3 is 5.32 Å². The second kappa shape index (κ2) is 7.03. The van der Waals surface area contributed by atoms with Gasteiger partial charge in [0.05, 0.1) is 11.3 Å². The van der Waals surface area contributed by atoms with Gasteiger partial charge in [0, 0.05) is 21.7 Å². The highest BCUT2D eigenvalue weighted by atomic mass is 32.1. The highest BCUT2D eigenvalue weighted by molar-refractivity contribution is 7.13. The van der Waals surface area contributed by atoms with Crippen LogP contribution in [0.1, 0.15) is 20.1 Å². The van der Waals surface area contributed by atoms with E-state index in [1.54, 1.807) is 23.6 Å². The van der Waals surface area contributed by atoms with Crippen molar-refractivity contribution in [2.45, 2.75) is 6.92 Å². The lowest BCUT2D eigenvalue weighted by Crippen LogP contribution is -2.11. The monoisotopic (exact) mass is 320 g/mol. The summed E-state index contributed by atoms with van der Waals surface area (Å²) in [6.45, 7) is 2.06. The topological polar surface area (TPSA) is 41.5 Å². The molecule has 3 nitrogen and oxygen atoms in total. The van der Waals surface area contributed by atoms with Crippen molar-refractivity contribution in [2.24, 2.45) is 4.99 Å². The summed E-state index contributed by atoms with van der Waals surface area (Å²) in [4.78, 5) is 19.3. The van der Waals surface area contributed by atoms with Gasteiger partial charge >= 0.3 is 0 Å². The molecule has 1 amide bonds. The fourth-order valence-corrected chi connectivity index (χ4v) is 2.90. The van der Waals surface area contributed by atoms with Crippen molar-refractivity contribution in [1.82, 2.24) is 0 Å². The zero-order chi connectivity index (χ0) is 16.1. The minimum atomic E-state index is -0.161. The minimum Gasteiger partial charge on any atom is -0.322 e. The van der Waals surface area contributed by atoms with E-state index in [-0.39, 0.29) is 5.91 Å². The molecule has 0 aliphatic carbocycles. The van der Waals surface area contributed by atoms with Crippen molar-refractivity contribution in [3.63, 3.8) is 0 Å². The lowest BCUT2D eigenvalue weighted by Gasteiger charge is -2.07. The number of hydrogen-bond donors (Lipinski definition) is 1. The van der Waals surface area contributed by atoms with E-state index in [0.717, 1.165) is 10.6 Å². The molecule has 3 rings (SSSR count). The molecule has 1 heterocycles. The number of para-hydroxylation sites is 2. The van der Waals surface area contributed by atoms with Gasteiger partial charge in [0.2, 0.25) is 0 Å². The van der Waals surface area contributed by atoms with Crippen LogP contribution in [0.3, 0.4) is 0 Å². The molecule has 0 fully saturated rings. The largest absolute Gasteiger partial charge is 0.322 e. The molecule has 2 aromatic carbocycles. The van der Waals surface area contributed by atoms with E-state index >= 15 is 0 Å². The number of benzene rings is 2. The number of amides is 1. The summed E-state index contributed by atoms with van der Waals surface area (Å²) in [6.07, 6.45) is 1.80. The SMILES string of the molecule is Cc1ccc(/C=N/c2ccccc2C(=O)Nc2ccccc2)s1. The summed E-state index contributed by atoms with van der Waals surface area (Å²) in [6, 6.07) is 20.8. The van der Waals surface area contributed by atoms with Crippen LogP contribution >= 0.6 is 11.3 Å². The summed E-state index contributed by atoms with van der Waals surface area (Å²) < 4.78 is 0. The molecule has 0 aliphatic heterocycles. The second-order valence-electron chi connectivity index (χ2n) is 5.04. The molecule has 0 bridgehead atoms. The Balaban J connectivity index is 1.82. The molecule has 0 saturated heterocycles. The van der Waals surface area contributed by atoms with Crippen molar-refractivity contribution in [3.8, 4) is 0 Å². The van der Waals surface area contributed by atoms with Gasteiger partial charge in [-0.25, -0.2) is 0 Å². The maximum absolute atomic E-state index is 12.5. The average Bonchev–Trinajstić information content (AvgIpc) is 2.99. The predicted octanol–water partition coefficient (Wildman–Crippen LogP) is 5.06. The number of anilines is 1. The van der Waals surface area contributed by atoms with E-state index in [0.29, 0.717) is 11.3 Å². The molecular weight excluding hydrogens is 304 g/mol. The third-order valence-electron chi connectivity index (χ3n) is 3.27. The van der Waals surface area contributed by atoms with Gasteiger partial charge in [0.25, 0.3) is 5.91 Å². The van der Waals surface area contributed by atoms with Crippen molar-refractivity contribution in [1.29, 1.82) is 0 Å². The fourth-order valence-electron chi connectivity index (χ4n) is 2.15. The Hall–Kier alpha value is -2.72. The number of carbonyl (C=O) groups excluding carboxylic acids is 1. The first-order valence-corrected chi connectivity index (χ1v) is 8.10. The van der Waals surface area contributed by atoms with E-state index < -0.39 is 0 Å². The molecule has 0 spiro atoms. The molecule has 0 radical (unpaired) electrons. The molecule has 114 valence electrons. The Kier molecular flexibility index (Phi) is 4.64. The van der Waals surface area contributed by atoms with Gasteiger partial charge in [-0.15, -0.1) is 11.3 Å². The molecule has 23 heavy (non-hydrogen) atoms. The Labute approximate surface area is 139 Å². The molecule has 0 aliphatic rings. The molecule has 0 saturated carbocycles. The minimum absolute atomic E-state index is 0.161. The maximum Gasteiger partial charge on any atom is 0.257 e. The van der Waals surface area contributed by atoms with Crippen LogP contribution in [0.2, 0.25) is 0 Å². The van der Waals surface area contributed by atoms with Crippen LogP contribution in [-0.2, 0) is 0 Å². The van der Waals surface area contributed by atoms with Gasteiger partial charge in [-0.1, -0.05) is 30.3 Å². The summed E-state index contributed by atoms with van der Waals surface area (Å²) >= 11 is 1.67. The summed E-state index contributed by atoms with van der Waals surface area (Å²) in [5, 5.41) is 2.89. The van der Waals surface area contributed by atoms with E-state index in [4.69, 9.17) is 0 Å². The van der Waals surface area contributed by atoms with Crippen LogP contribution in [0, 0.1) is 6.92 Å². The average molecular weight is 320 g/mol. The number of aryl methyl sites for hydroxylation is 1. The number of hydrogen-bond acceptors (Lipinski definition) is 3. The zero-order valence-electron chi connectivity index (χ0n) is 12.7. The molecule has 1 N–H and O–H groups in total. The third-order valence-corrected chi connectivity index (χ3v) is 4.21. The molecule has 1 aromatic heterocycles. The number of carbonyl (C=O) groups is 1. The second-order valence-corrected chi connectivity index (χ2v) is 6.36. The Morgan fingerprint density at radius 3 is 2.48 bits per heavy atom. The highest BCUT2D eigenvalue weighted by Crippen LogP contribution is 2.21. The van der Waals surface area contributed by atoms with E-state index in [1.807, 2.05) is 54.6 Å². The Morgan fingerprint density at radius 1 is 1.00 bits per heavy atom. The molecule has 3 aromatic rings. The van der Waals surface area contributed by atoms with Crippen molar-refractivity contribution in [3.05, 3.63) is 82.0 Å². The number of thiophene rings is 1. The normalized spacial score (nSPS) is 10.8. The van der Waals surface area contributed by atoms with Gasteiger partial charge in [-0.2, -0.15) is 0 Å². The number of nitrogens with one attached hydrogen (secondary N) is 1. The van der Waals surface area contributed by atoms with Gasteiger partial charge in [0.1, 0.15) is 0 Å². The zero-order valence-corrected chi connectivity index (χ0v) is 13.5. The molecule has 4 heteroatoms. The quantitative estimate of drug-likeness (QED) is 0.671. The molecule has 0 unspecified atom stereocenters. The van der Waals surface area contributed by atoms with Crippen LogP contribution < -0.4 is 5.32 Å². The Bertz CT molecular complexity index is 837. The lowest BCUT2D eigenvalue weighted by molar-refractivity contribution is 0.102. The lowest BCUT2D eigenvalue weighted by atomic mass is 10.1. The van der Waals surface area contributed by atoms with Gasteiger partial charge in [-0.05, 0) is 43.3 Å². The van der Waals surface area contributed by atoms with Crippen LogP contribution in [0.15, 0.2) is 71.7 Å². The first kappa shape index (κ1) is 15.2. The van der Waals surface area contributed by atoms with Crippen LogP contribution in [-0.4, -0.2) is 12.1 Å². The number of rotatable bonds is 4. The van der Waals surface area contributed by atoms with Crippen LogP contribution in [0.25, 0.3) is 0 Å². The van der Waals surface area contributed by atoms with Gasteiger partial charge in [0.15, 0.2) is 0 Å². The number of nitrogens with zero attached hydrogens (tertiary/aromatic N) is 1. The van der Waals surface area contributed by atoms with Gasteiger partial charge in [-0.3, -0.25) is 9.79 Å². The summed E-state index contributed by atoms with van der Waals surface area (Å²) in [5.41, 5.74) is 1.98. The van der Waals surface area contributed by atoms with Crippen LogP contribution in [0.5, 0.6) is 0 Å². The fraction of sp³-hybridized carbons (Fsp3) is 0.0526. The number of aliphatic imine (C=N–C) groups is 1. The third kappa shape index (κ3) is 3.93. The summed E-state index contributed by atoms with van der Waals surface area (Å²) in [5.74, 6) is -0.161.